The van der Waals surface area contributed by atoms with Crippen LogP contribution in [-0.4, -0.2) is 21.8 Å². The summed E-state index contributed by atoms with van der Waals surface area (Å²) in [5, 5.41) is 13.6. The van der Waals surface area contributed by atoms with Crippen LogP contribution in [0.25, 0.3) is 0 Å². The number of aliphatic hydroxyl groups is 1. The summed E-state index contributed by atoms with van der Waals surface area (Å²) < 4.78 is 5.05. The third-order valence-electron chi connectivity index (χ3n) is 1.47. The Morgan fingerprint density at radius 3 is 2.75 bits per heavy atom. The number of rotatable bonds is 2. The lowest BCUT2D eigenvalue weighted by Crippen LogP contribution is -2.27. The van der Waals surface area contributed by atoms with Gasteiger partial charge in [0, 0.05) is 5.38 Å². The molecule has 1 rings (SSSR count). The highest BCUT2D eigenvalue weighted by molar-refractivity contribution is 7.13. The number of ether oxygens (including phenoxy) is 1. The van der Waals surface area contributed by atoms with Crippen LogP contribution in [0.1, 0.15) is 32.6 Å². The maximum Gasteiger partial charge on any atom is 0.413 e. The Kier molecular flexibility index (Phi) is 3.88. The zero-order valence-corrected chi connectivity index (χ0v) is 10.3. The quantitative estimate of drug-likeness (QED) is 0.836. The van der Waals surface area contributed by atoms with Crippen molar-refractivity contribution in [2.24, 2.45) is 0 Å². The van der Waals surface area contributed by atoms with Crippen molar-refractivity contribution in [1.29, 1.82) is 0 Å². The Bertz CT molecular complexity index is 368. The Balaban J connectivity index is 2.57. The molecule has 1 heterocycles. The second kappa shape index (κ2) is 4.80. The van der Waals surface area contributed by atoms with E-state index < -0.39 is 17.8 Å². The van der Waals surface area contributed by atoms with Gasteiger partial charge in [-0.3, -0.25) is 5.32 Å². The molecular formula is C10H15N2O3S. The lowest BCUT2D eigenvalue weighted by atomic mass is 10.2. The summed E-state index contributed by atoms with van der Waals surface area (Å²) in [6.07, 6.45) is -1.45. The molecular weight excluding hydrogens is 228 g/mol. The van der Waals surface area contributed by atoms with Crippen LogP contribution in [0, 0.1) is 6.92 Å². The molecule has 0 saturated carbocycles. The summed E-state index contributed by atoms with van der Waals surface area (Å²) in [6.45, 7) is 8.75. The van der Waals surface area contributed by atoms with E-state index >= 15 is 0 Å². The molecule has 0 spiro atoms. The van der Waals surface area contributed by atoms with E-state index in [9.17, 15) is 4.79 Å². The van der Waals surface area contributed by atoms with E-state index in [4.69, 9.17) is 9.84 Å². The number of hydrogen-bond donors (Lipinski definition) is 2. The summed E-state index contributed by atoms with van der Waals surface area (Å²) in [7, 11) is 0. The van der Waals surface area contributed by atoms with Gasteiger partial charge in [0.1, 0.15) is 5.60 Å². The number of nitrogens with zero attached hydrogens (tertiary/aromatic N) is 1. The number of carbonyl (C=O) groups excluding carboxylic acids is 1. The van der Waals surface area contributed by atoms with Crippen LogP contribution >= 0.6 is 11.3 Å². The SMILES string of the molecule is [CH2]C(O)c1csc(NC(=O)OC(C)(C)C)n1. The second-order valence-corrected chi connectivity index (χ2v) is 5.08. The Hall–Kier alpha value is -1.14. The van der Waals surface area contributed by atoms with Gasteiger partial charge in [0.05, 0.1) is 11.8 Å². The summed E-state index contributed by atoms with van der Waals surface area (Å²) in [6, 6.07) is 0. The molecule has 0 aliphatic heterocycles. The molecule has 1 unspecified atom stereocenters. The van der Waals surface area contributed by atoms with Crippen LogP contribution in [0.4, 0.5) is 9.93 Å². The van der Waals surface area contributed by atoms with Gasteiger partial charge in [0.2, 0.25) is 0 Å². The van der Waals surface area contributed by atoms with Crippen LogP contribution in [0.3, 0.4) is 0 Å². The van der Waals surface area contributed by atoms with Gasteiger partial charge in [-0.05, 0) is 27.7 Å². The Labute approximate surface area is 98.5 Å². The van der Waals surface area contributed by atoms with Crippen molar-refractivity contribution >= 4 is 22.6 Å². The fraction of sp³-hybridized carbons (Fsp3) is 0.500. The van der Waals surface area contributed by atoms with Crippen LogP contribution < -0.4 is 5.32 Å². The van der Waals surface area contributed by atoms with Gasteiger partial charge in [-0.15, -0.1) is 11.3 Å². The number of thiazole rings is 1. The lowest BCUT2D eigenvalue weighted by Gasteiger charge is -2.18. The number of nitrogens with one attached hydrogen (secondary N) is 1. The highest BCUT2D eigenvalue weighted by atomic mass is 32.1. The van der Waals surface area contributed by atoms with Crippen molar-refractivity contribution in [3.63, 3.8) is 0 Å². The number of amides is 1. The van der Waals surface area contributed by atoms with Crippen LogP contribution in [0.2, 0.25) is 0 Å². The van der Waals surface area contributed by atoms with E-state index in [0.29, 0.717) is 10.8 Å². The Morgan fingerprint density at radius 2 is 2.31 bits per heavy atom. The van der Waals surface area contributed by atoms with Crippen LogP contribution in [-0.2, 0) is 4.74 Å². The molecule has 1 amide bonds. The van der Waals surface area contributed by atoms with Gasteiger partial charge in [-0.2, -0.15) is 0 Å². The molecule has 2 N–H and O–H groups in total. The summed E-state index contributed by atoms with van der Waals surface area (Å²) in [4.78, 5) is 15.3. The molecule has 0 aromatic carbocycles. The van der Waals surface area contributed by atoms with E-state index in [0.717, 1.165) is 0 Å². The zero-order chi connectivity index (χ0) is 12.3. The van der Waals surface area contributed by atoms with Crippen molar-refractivity contribution in [2.45, 2.75) is 32.5 Å². The van der Waals surface area contributed by atoms with Gasteiger partial charge < -0.3 is 9.84 Å². The number of aromatic nitrogens is 1. The second-order valence-electron chi connectivity index (χ2n) is 4.22. The number of anilines is 1. The normalized spacial score (nSPS) is 13.3. The molecule has 1 radical (unpaired) electrons. The van der Waals surface area contributed by atoms with E-state index in [1.165, 1.54) is 11.3 Å². The van der Waals surface area contributed by atoms with Gasteiger partial charge in [0.15, 0.2) is 5.13 Å². The van der Waals surface area contributed by atoms with Gasteiger partial charge in [-0.25, -0.2) is 9.78 Å². The Morgan fingerprint density at radius 1 is 1.69 bits per heavy atom. The first kappa shape index (κ1) is 12.9. The molecule has 0 aliphatic rings. The summed E-state index contributed by atoms with van der Waals surface area (Å²) in [5.74, 6) is 0. The van der Waals surface area contributed by atoms with E-state index in [1.54, 1.807) is 26.2 Å². The molecule has 1 atom stereocenters. The van der Waals surface area contributed by atoms with Crippen molar-refractivity contribution in [3.05, 3.63) is 18.0 Å². The maximum atomic E-state index is 11.4. The van der Waals surface area contributed by atoms with Gasteiger partial charge in [-0.1, -0.05) is 0 Å². The molecule has 0 fully saturated rings. The molecule has 0 bridgehead atoms. The highest BCUT2D eigenvalue weighted by Crippen LogP contribution is 2.20. The third-order valence-corrected chi connectivity index (χ3v) is 2.25. The van der Waals surface area contributed by atoms with E-state index in [-0.39, 0.29) is 0 Å². The molecule has 16 heavy (non-hydrogen) atoms. The topological polar surface area (TPSA) is 71.5 Å². The monoisotopic (exact) mass is 243 g/mol. The standard InChI is InChI=1S/C10H15N2O3S/c1-6(13)7-5-16-8(11-7)12-9(14)15-10(2,3)4/h5-6,13H,1H2,2-4H3,(H,11,12,14). The zero-order valence-electron chi connectivity index (χ0n) is 9.48. The molecule has 5 nitrogen and oxygen atoms in total. The molecule has 6 heteroatoms. The number of hydrogen-bond acceptors (Lipinski definition) is 5. The average molecular weight is 243 g/mol. The van der Waals surface area contributed by atoms with E-state index in [1.807, 2.05) is 0 Å². The number of aliphatic hydroxyl groups excluding tert-OH is 1. The predicted octanol–water partition coefficient (Wildman–Crippen LogP) is 2.36. The molecule has 1 aromatic heterocycles. The predicted molar refractivity (Wildman–Crippen MR) is 62.3 cm³/mol. The first-order valence-electron chi connectivity index (χ1n) is 4.74. The summed E-state index contributed by atoms with van der Waals surface area (Å²) in [5.41, 5.74) is -0.119. The summed E-state index contributed by atoms with van der Waals surface area (Å²) >= 11 is 1.21. The molecule has 0 saturated heterocycles. The minimum atomic E-state index is -0.884. The first-order chi connectivity index (χ1) is 7.28. The van der Waals surface area contributed by atoms with Crippen molar-refractivity contribution in [3.8, 4) is 0 Å². The third kappa shape index (κ3) is 4.16. The first-order valence-corrected chi connectivity index (χ1v) is 5.62. The molecule has 0 aliphatic carbocycles. The van der Waals surface area contributed by atoms with Crippen molar-refractivity contribution < 1.29 is 14.6 Å². The number of carbonyl (C=O) groups is 1. The average Bonchev–Trinajstić information content (AvgIpc) is 2.48. The fourth-order valence-electron chi connectivity index (χ4n) is 0.888. The van der Waals surface area contributed by atoms with Crippen LogP contribution in [0.5, 0.6) is 0 Å². The minimum Gasteiger partial charge on any atom is -0.444 e. The van der Waals surface area contributed by atoms with Crippen molar-refractivity contribution in [2.75, 3.05) is 5.32 Å². The molecule has 89 valence electrons. The van der Waals surface area contributed by atoms with E-state index in [2.05, 4.69) is 17.2 Å². The fourth-order valence-corrected chi connectivity index (χ4v) is 1.63. The molecule has 1 aromatic rings. The van der Waals surface area contributed by atoms with Crippen LogP contribution in [0.15, 0.2) is 5.38 Å². The smallest absolute Gasteiger partial charge is 0.413 e. The van der Waals surface area contributed by atoms with Gasteiger partial charge in [0.25, 0.3) is 0 Å². The maximum absolute atomic E-state index is 11.4. The largest absolute Gasteiger partial charge is 0.444 e. The van der Waals surface area contributed by atoms with Crippen molar-refractivity contribution in [1.82, 2.24) is 4.98 Å². The highest BCUT2D eigenvalue weighted by Gasteiger charge is 2.17. The lowest BCUT2D eigenvalue weighted by molar-refractivity contribution is 0.0636. The van der Waals surface area contributed by atoms with Gasteiger partial charge >= 0.3 is 6.09 Å². The minimum absolute atomic E-state index is 0.381.